The van der Waals surface area contributed by atoms with Gasteiger partial charge in [-0.15, -0.1) is 0 Å². The van der Waals surface area contributed by atoms with Gasteiger partial charge in [-0.1, -0.05) is 36.9 Å². The maximum absolute atomic E-state index is 14.0. The Bertz CT molecular complexity index is 1550. The van der Waals surface area contributed by atoms with Crippen molar-refractivity contribution in [3.05, 3.63) is 78.4 Å². The van der Waals surface area contributed by atoms with Crippen molar-refractivity contribution >= 4 is 28.7 Å². The number of methoxy groups -OCH3 is 1. The lowest BCUT2D eigenvalue weighted by Crippen LogP contribution is -2.40. The van der Waals surface area contributed by atoms with Gasteiger partial charge in [-0.2, -0.15) is 5.10 Å². The zero-order valence-corrected chi connectivity index (χ0v) is 21.4. The highest BCUT2D eigenvalue weighted by atomic mass is 19.1. The Hall–Kier alpha value is -4.80. The molecule has 39 heavy (non-hydrogen) atoms. The second-order valence-corrected chi connectivity index (χ2v) is 9.24. The molecule has 3 N–H and O–H groups in total. The zero-order chi connectivity index (χ0) is 27.5. The van der Waals surface area contributed by atoms with Crippen LogP contribution in [0.3, 0.4) is 0 Å². The summed E-state index contributed by atoms with van der Waals surface area (Å²) in [5.74, 6) is -0.928. The van der Waals surface area contributed by atoms with Crippen LogP contribution in [0.2, 0.25) is 0 Å². The molecular weight excluding hydrogens is 501 g/mol. The average Bonchev–Trinajstić information content (AvgIpc) is 3.36. The summed E-state index contributed by atoms with van der Waals surface area (Å²) in [6, 6.07) is 11.7. The first-order valence-electron chi connectivity index (χ1n) is 12.5. The monoisotopic (exact) mass is 529 g/mol. The number of nitrogens with two attached hydrogens (primary N) is 1. The van der Waals surface area contributed by atoms with E-state index in [2.05, 4.69) is 21.9 Å². The predicted molar refractivity (Wildman–Crippen MR) is 144 cm³/mol. The number of nitrogens with zero attached hydrogens (tertiary/aromatic N) is 5. The predicted octanol–water partition coefficient (Wildman–Crippen LogP) is 3.50. The number of amides is 2. The Morgan fingerprint density at radius 3 is 2.77 bits per heavy atom. The molecule has 5 rings (SSSR count). The van der Waals surface area contributed by atoms with Crippen LogP contribution in [0.25, 0.3) is 22.3 Å². The summed E-state index contributed by atoms with van der Waals surface area (Å²) in [5.41, 5.74) is 9.27. The van der Waals surface area contributed by atoms with Gasteiger partial charge in [-0.25, -0.2) is 19.0 Å². The number of rotatable bonds is 7. The molecule has 3 heterocycles. The molecule has 1 aliphatic rings. The van der Waals surface area contributed by atoms with E-state index >= 15 is 0 Å². The highest BCUT2D eigenvalue weighted by Gasteiger charge is 2.28. The third kappa shape index (κ3) is 5.02. The van der Waals surface area contributed by atoms with Gasteiger partial charge in [0.15, 0.2) is 17.2 Å². The molecule has 0 radical (unpaired) electrons. The van der Waals surface area contributed by atoms with Crippen LogP contribution >= 0.6 is 0 Å². The molecule has 0 saturated carbocycles. The number of hydrogen-bond donors (Lipinski definition) is 2. The molecule has 0 spiro atoms. The van der Waals surface area contributed by atoms with Gasteiger partial charge in [0.25, 0.3) is 5.91 Å². The standard InChI is InChI=1S/C28H28FN7O3/c1-3-22(37)35-13-5-6-19(15-35)36-27-23(26(30)32-16-33-27)24(34-36)18-11-9-17(10-12-18)14-31-28(38)20-7-4-8-21(29)25(20)39-2/h3-4,7-12,16,19H,1,5-6,13-15H2,2H3,(H,31,38)(H2,30,32,33)/t19-/m1/s1. The highest BCUT2D eigenvalue weighted by Crippen LogP contribution is 2.34. The van der Waals surface area contributed by atoms with Crippen molar-refractivity contribution in [1.29, 1.82) is 0 Å². The normalized spacial score (nSPS) is 15.2. The third-order valence-corrected chi connectivity index (χ3v) is 6.84. The van der Waals surface area contributed by atoms with Gasteiger partial charge >= 0.3 is 0 Å². The number of hydrogen-bond acceptors (Lipinski definition) is 7. The summed E-state index contributed by atoms with van der Waals surface area (Å²) in [5, 5.41) is 8.32. The number of carbonyl (C=O) groups is 2. The Kier molecular flexibility index (Phi) is 7.22. The van der Waals surface area contributed by atoms with Crippen molar-refractivity contribution in [3.63, 3.8) is 0 Å². The van der Waals surface area contributed by atoms with E-state index in [1.165, 1.54) is 37.7 Å². The summed E-state index contributed by atoms with van der Waals surface area (Å²) >= 11 is 0. The van der Waals surface area contributed by atoms with Crippen molar-refractivity contribution in [2.24, 2.45) is 0 Å². The van der Waals surface area contributed by atoms with E-state index in [0.717, 1.165) is 24.0 Å². The van der Waals surface area contributed by atoms with E-state index in [0.29, 0.717) is 35.6 Å². The molecule has 1 aliphatic heterocycles. The van der Waals surface area contributed by atoms with Crippen molar-refractivity contribution in [2.75, 3.05) is 25.9 Å². The van der Waals surface area contributed by atoms with Crippen molar-refractivity contribution in [2.45, 2.75) is 25.4 Å². The number of ether oxygens (including phenoxy) is 1. The van der Waals surface area contributed by atoms with E-state index in [1.54, 1.807) is 4.90 Å². The van der Waals surface area contributed by atoms with Gasteiger partial charge in [0.05, 0.1) is 24.1 Å². The smallest absolute Gasteiger partial charge is 0.255 e. The largest absolute Gasteiger partial charge is 0.493 e. The molecule has 2 amide bonds. The molecular formula is C28H28FN7O3. The number of para-hydroxylation sites is 1. The Labute approximate surface area is 224 Å². The molecule has 0 bridgehead atoms. The first kappa shape index (κ1) is 25.8. The minimum Gasteiger partial charge on any atom is -0.493 e. The SMILES string of the molecule is C=CC(=O)N1CCC[C@@H](n2nc(-c3ccc(CNC(=O)c4cccc(F)c4OC)cc3)c3c(N)ncnc32)C1. The number of benzene rings is 2. The van der Waals surface area contributed by atoms with E-state index in [9.17, 15) is 14.0 Å². The van der Waals surface area contributed by atoms with Crippen LogP contribution < -0.4 is 15.8 Å². The summed E-state index contributed by atoms with van der Waals surface area (Å²) in [6.07, 6.45) is 4.42. The van der Waals surface area contributed by atoms with Crippen LogP contribution in [-0.2, 0) is 11.3 Å². The molecule has 0 aliphatic carbocycles. The first-order valence-corrected chi connectivity index (χ1v) is 12.5. The number of halogens is 1. The van der Waals surface area contributed by atoms with E-state index in [4.69, 9.17) is 15.6 Å². The average molecular weight is 530 g/mol. The van der Waals surface area contributed by atoms with Crippen LogP contribution in [-0.4, -0.2) is 56.7 Å². The maximum atomic E-state index is 14.0. The van der Waals surface area contributed by atoms with Crippen molar-refractivity contribution in [1.82, 2.24) is 30.0 Å². The van der Waals surface area contributed by atoms with Crippen LogP contribution in [0, 0.1) is 5.82 Å². The fourth-order valence-electron chi connectivity index (χ4n) is 4.89. The zero-order valence-electron chi connectivity index (χ0n) is 21.4. The summed E-state index contributed by atoms with van der Waals surface area (Å²) in [6.45, 7) is 5.01. The number of likely N-dealkylation sites (tertiary alicyclic amines) is 1. The van der Waals surface area contributed by atoms with Gasteiger partial charge in [0.2, 0.25) is 5.91 Å². The lowest BCUT2D eigenvalue weighted by Gasteiger charge is -2.32. The lowest BCUT2D eigenvalue weighted by molar-refractivity contribution is -0.127. The molecule has 10 nitrogen and oxygen atoms in total. The Morgan fingerprint density at radius 1 is 1.23 bits per heavy atom. The minimum absolute atomic E-state index is 0.0671. The summed E-state index contributed by atoms with van der Waals surface area (Å²) < 4.78 is 20.8. The van der Waals surface area contributed by atoms with Gasteiger partial charge in [0, 0.05) is 25.2 Å². The number of nitrogens with one attached hydrogen (secondary N) is 1. The Morgan fingerprint density at radius 2 is 2.03 bits per heavy atom. The number of carbonyl (C=O) groups excluding carboxylic acids is 2. The van der Waals surface area contributed by atoms with Crippen LogP contribution in [0.4, 0.5) is 10.2 Å². The highest BCUT2D eigenvalue weighted by molar-refractivity contribution is 5.98. The fourth-order valence-corrected chi connectivity index (χ4v) is 4.89. The van der Waals surface area contributed by atoms with Gasteiger partial charge in [-0.05, 0) is 36.6 Å². The number of anilines is 1. The lowest BCUT2D eigenvalue weighted by atomic mass is 10.1. The minimum atomic E-state index is -0.599. The third-order valence-electron chi connectivity index (χ3n) is 6.84. The number of fused-ring (bicyclic) bond motifs is 1. The second-order valence-electron chi connectivity index (χ2n) is 9.24. The maximum Gasteiger partial charge on any atom is 0.255 e. The topological polar surface area (TPSA) is 128 Å². The molecule has 1 atom stereocenters. The van der Waals surface area contributed by atoms with Gasteiger partial charge in [0.1, 0.15) is 17.8 Å². The molecule has 2 aromatic carbocycles. The second kappa shape index (κ2) is 10.9. The molecule has 1 saturated heterocycles. The molecule has 4 aromatic rings. The number of nitrogen functional groups attached to an aromatic ring is 1. The van der Waals surface area contributed by atoms with Gasteiger partial charge < -0.3 is 20.7 Å². The Balaban J connectivity index is 1.39. The first-order chi connectivity index (χ1) is 18.9. The van der Waals surface area contributed by atoms with Crippen LogP contribution in [0.1, 0.15) is 34.8 Å². The number of piperidine rings is 1. The molecule has 1 fully saturated rings. The van der Waals surface area contributed by atoms with Crippen LogP contribution in [0.15, 0.2) is 61.4 Å². The summed E-state index contributed by atoms with van der Waals surface area (Å²) in [7, 11) is 1.32. The van der Waals surface area contributed by atoms with Crippen molar-refractivity contribution < 1.29 is 18.7 Å². The molecule has 200 valence electrons. The summed E-state index contributed by atoms with van der Waals surface area (Å²) in [4.78, 5) is 35.3. The molecule has 0 unspecified atom stereocenters. The molecule has 2 aromatic heterocycles. The van der Waals surface area contributed by atoms with Crippen molar-refractivity contribution in [3.8, 4) is 17.0 Å². The fraction of sp³-hybridized carbons (Fsp3) is 0.250. The van der Waals surface area contributed by atoms with E-state index in [-0.39, 0.29) is 29.8 Å². The number of aromatic nitrogens is 4. The quantitative estimate of drug-likeness (QED) is 0.351. The van der Waals surface area contributed by atoms with E-state index < -0.39 is 11.7 Å². The molecule has 11 heteroatoms. The van der Waals surface area contributed by atoms with Gasteiger partial charge in [-0.3, -0.25) is 9.59 Å². The van der Waals surface area contributed by atoms with Crippen LogP contribution in [0.5, 0.6) is 5.75 Å². The van der Waals surface area contributed by atoms with E-state index in [1.807, 2.05) is 28.9 Å².